The van der Waals surface area contributed by atoms with Gasteiger partial charge in [-0.15, -0.1) is 0 Å². The van der Waals surface area contributed by atoms with Gasteiger partial charge in [0.1, 0.15) is 0 Å². The third-order valence-electron chi connectivity index (χ3n) is 5.41. The molecular weight excluding hydrogens is 356 g/mol. The number of ether oxygens (including phenoxy) is 2. The lowest BCUT2D eigenvalue weighted by Gasteiger charge is -2.38. The molecule has 1 aromatic rings. The maximum atomic E-state index is 11.7. The molecule has 0 amide bonds. The highest BCUT2D eigenvalue weighted by Gasteiger charge is 2.40. The summed E-state index contributed by atoms with van der Waals surface area (Å²) in [6.45, 7) is 6.10. The van der Waals surface area contributed by atoms with Gasteiger partial charge < -0.3 is 14.6 Å². The van der Waals surface area contributed by atoms with Crippen molar-refractivity contribution in [2.75, 3.05) is 51.9 Å². The van der Waals surface area contributed by atoms with Crippen LogP contribution >= 0.6 is 0 Å². The minimum Gasteiger partial charge on any atom is -0.493 e. The Balaban J connectivity index is 1.61. The van der Waals surface area contributed by atoms with Gasteiger partial charge >= 0.3 is 0 Å². The zero-order chi connectivity index (χ0) is 18.9. The Labute approximate surface area is 155 Å². The van der Waals surface area contributed by atoms with Gasteiger partial charge in [0.15, 0.2) is 21.3 Å². The van der Waals surface area contributed by atoms with Crippen LogP contribution in [0.2, 0.25) is 0 Å². The van der Waals surface area contributed by atoms with Gasteiger partial charge in [-0.1, -0.05) is 0 Å². The van der Waals surface area contributed by atoms with Crippen molar-refractivity contribution in [2.45, 2.75) is 25.6 Å². The highest BCUT2D eigenvalue weighted by Crippen LogP contribution is 2.31. The van der Waals surface area contributed by atoms with Crippen LogP contribution in [-0.4, -0.2) is 87.4 Å². The number of hydrogen-bond acceptors (Lipinski definition) is 7. The van der Waals surface area contributed by atoms with Crippen LogP contribution in [0.25, 0.3) is 0 Å². The number of piperazine rings is 1. The molecule has 0 radical (unpaired) electrons. The summed E-state index contributed by atoms with van der Waals surface area (Å²) in [6, 6.07) is 3.75. The predicted molar refractivity (Wildman–Crippen MR) is 99.6 cm³/mol. The Bertz CT molecular complexity index is 744. The summed E-state index contributed by atoms with van der Waals surface area (Å²) in [4.78, 5) is 4.47. The first-order chi connectivity index (χ1) is 12.3. The molecule has 0 bridgehead atoms. The molecule has 2 heterocycles. The van der Waals surface area contributed by atoms with Gasteiger partial charge in [0, 0.05) is 32.7 Å². The summed E-state index contributed by atoms with van der Waals surface area (Å²) in [5.74, 6) is 1.42. The lowest BCUT2D eigenvalue weighted by molar-refractivity contribution is 0.0423. The summed E-state index contributed by atoms with van der Waals surface area (Å²) in [7, 11) is 0.161. The quantitative estimate of drug-likeness (QED) is 0.782. The average molecular weight is 384 g/mol. The molecule has 0 spiro atoms. The molecule has 26 heavy (non-hydrogen) atoms. The van der Waals surface area contributed by atoms with Crippen molar-refractivity contribution in [3.63, 3.8) is 0 Å². The molecule has 0 aromatic heterocycles. The van der Waals surface area contributed by atoms with Crippen LogP contribution in [0.15, 0.2) is 12.1 Å². The molecule has 0 saturated carbocycles. The van der Waals surface area contributed by atoms with E-state index in [2.05, 4.69) is 16.7 Å². The topological polar surface area (TPSA) is 79.3 Å². The van der Waals surface area contributed by atoms with Crippen molar-refractivity contribution in [2.24, 2.45) is 0 Å². The van der Waals surface area contributed by atoms with Crippen molar-refractivity contribution in [3.05, 3.63) is 23.3 Å². The van der Waals surface area contributed by atoms with Gasteiger partial charge in [-0.3, -0.25) is 9.80 Å². The van der Waals surface area contributed by atoms with Crippen LogP contribution in [0.4, 0.5) is 0 Å². The second-order valence-corrected chi connectivity index (χ2v) is 9.31. The van der Waals surface area contributed by atoms with Crippen LogP contribution in [0.1, 0.15) is 11.1 Å². The number of aryl methyl sites for hydroxylation is 1. The van der Waals surface area contributed by atoms with Crippen molar-refractivity contribution in [1.29, 1.82) is 0 Å². The first-order valence-corrected chi connectivity index (χ1v) is 10.7. The first kappa shape index (κ1) is 19.4. The van der Waals surface area contributed by atoms with Gasteiger partial charge in [0.25, 0.3) is 0 Å². The SMILES string of the molecule is COc1cc(C)c(CN2CCN([C@H]3CS(=O)(=O)C[C@@H]3O)CC2)cc1OC. The highest BCUT2D eigenvalue weighted by molar-refractivity contribution is 7.91. The van der Waals surface area contributed by atoms with Gasteiger partial charge in [0.2, 0.25) is 0 Å². The number of aliphatic hydroxyl groups excluding tert-OH is 1. The molecular formula is C18H28N2O5S. The normalized spacial score (nSPS) is 26.8. The molecule has 2 aliphatic rings. The second kappa shape index (κ2) is 7.72. The van der Waals surface area contributed by atoms with E-state index in [1.165, 1.54) is 5.56 Å². The lowest BCUT2D eigenvalue weighted by atomic mass is 10.1. The van der Waals surface area contributed by atoms with Gasteiger partial charge in [-0.05, 0) is 30.2 Å². The highest BCUT2D eigenvalue weighted by atomic mass is 32.2. The molecule has 0 unspecified atom stereocenters. The molecule has 0 aliphatic carbocycles. The molecule has 1 N–H and O–H groups in total. The fraction of sp³-hybridized carbons (Fsp3) is 0.667. The largest absolute Gasteiger partial charge is 0.493 e. The molecule has 2 aliphatic heterocycles. The lowest BCUT2D eigenvalue weighted by Crippen LogP contribution is -2.53. The van der Waals surface area contributed by atoms with E-state index in [0.29, 0.717) is 0 Å². The minimum atomic E-state index is -3.11. The number of sulfone groups is 1. The third-order valence-corrected chi connectivity index (χ3v) is 7.10. The monoisotopic (exact) mass is 384 g/mol. The van der Waals surface area contributed by atoms with E-state index in [1.54, 1.807) is 14.2 Å². The maximum Gasteiger partial charge on any atom is 0.161 e. The van der Waals surface area contributed by atoms with E-state index in [4.69, 9.17) is 9.47 Å². The summed E-state index contributed by atoms with van der Waals surface area (Å²) in [6.07, 6.45) is -0.764. The first-order valence-electron chi connectivity index (χ1n) is 8.89. The number of aliphatic hydroxyl groups is 1. The van der Waals surface area contributed by atoms with Gasteiger partial charge in [-0.2, -0.15) is 0 Å². The molecule has 8 heteroatoms. The van der Waals surface area contributed by atoms with Crippen molar-refractivity contribution >= 4 is 9.84 Å². The summed E-state index contributed by atoms with van der Waals surface area (Å²) >= 11 is 0. The van der Waals surface area contributed by atoms with E-state index in [-0.39, 0.29) is 17.5 Å². The number of methoxy groups -OCH3 is 2. The van der Waals surface area contributed by atoms with Gasteiger partial charge in [-0.25, -0.2) is 8.42 Å². The van der Waals surface area contributed by atoms with Crippen molar-refractivity contribution in [1.82, 2.24) is 9.80 Å². The average Bonchev–Trinajstić information content (AvgIpc) is 2.89. The van der Waals surface area contributed by atoms with E-state index in [0.717, 1.165) is 49.8 Å². The minimum absolute atomic E-state index is 0.0724. The smallest absolute Gasteiger partial charge is 0.161 e. The van der Waals surface area contributed by atoms with Crippen molar-refractivity contribution < 1.29 is 23.0 Å². The van der Waals surface area contributed by atoms with Crippen LogP contribution in [-0.2, 0) is 16.4 Å². The fourth-order valence-electron chi connectivity index (χ4n) is 3.85. The fourth-order valence-corrected chi connectivity index (χ4v) is 5.68. The summed E-state index contributed by atoms with van der Waals surface area (Å²) < 4.78 is 34.2. The number of rotatable bonds is 5. The van der Waals surface area contributed by atoms with E-state index in [1.807, 2.05) is 12.1 Å². The molecule has 2 fully saturated rings. The van der Waals surface area contributed by atoms with Gasteiger partial charge in [0.05, 0.1) is 37.9 Å². The molecule has 7 nitrogen and oxygen atoms in total. The Morgan fingerprint density at radius 2 is 1.69 bits per heavy atom. The van der Waals surface area contributed by atoms with Crippen LogP contribution in [0, 0.1) is 6.92 Å². The van der Waals surface area contributed by atoms with E-state index < -0.39 is 15.9 Å². The molecule has 1 aromatic carbocycles. The molecule has 2 atom stereocenters. The Morgan fingerprint density at radius 3 is 2.23 bits per heavy atom. The second-order valence-electron chi connectivity index (χ2n) is 7.16. The number of nitrogens with zero attached hydrogens (tertiary/aromatic N) is 2. The zero-order valence-corrected chi connectivity index (χ0v) is 16.5. The molecule has 2 saturated heterocycles. The van der Waals surface area contributed by atoms with Crippen molar-refractivity contribution in [3.8, 4) is 11.5 Å². The van der Waals surface area contributed by atoms with Crippen LogP contribution in [0.5, 0.6) is 11.5 Å². The maximum absolute atomic E-state index is 11.7. The molecule has 146 valence electrons. The van der Waals surface area contributed by atoms with Crippen LogP contribution in [0.3, 0.4) is 0 Å². The summed E-state index contributed by atoms with van der Waals surface area (Å²) in [5.41, 5.74) is 2.35. The number of benzene rings is 1. The standard InChI is InChI=1S/C18H28N2O5S/c1-13-8-17(24-2)18(25-3)9-14(13)10-19-4-6-20(7-5-19)15-11-26(22,23)12-16(15)21/h8-9,15-16,21H,4-7,10-12H2,1-3H3/t15-,16-/m0/s1. The zero-order valence-electron chi connectivity index (χ0n) is 15.6. The summed E-state index contributed by atoms with van der Waals surface area (Å²) in [5, 5.41) is 10.1. The number of hydrogen-bond donors (Lipinski definition) is 1. The van der Waals surface area contributed by atoms with E-state index >= 15 is 0 Å². The third kappa shape index (κ3) is 4.14. The predicted octanol–water partition coefficient (Wildman–Crippen LogP) is 0.288. The Hall–Kier alpha value is -1.35. The Morgan fingerprint density at radius 1 is 1.08 bits per heavy atom. The Kier molecular flexibility index (Phi) is 5.76. The van der Waals surface area contributed by atoms with Crippen LogP contribution < -0.4 is 9.47 Å². The molecule has 3 rings (SSSR count). The van der Waals surface area contributed by atoms with E-state index in [9.17, 15) is 13.5 Å².